The van der Waals surface area contributed by atoms with Crippen molar-refractivity contribution in [3.05, 3.63) is 29.3 Å². The monoisotopic (exact) mass is 431 g/mol. The van der Waals surface area contributed by atoms with Gasteiger partial charge in [-0.25, -0.2) is 9.18 Å². The minimum absolute atomic E-state index is 0.0538. The van der Waals surface area contributed by atoms with Gasteiger partial charge in [-0.15, -0.1) is 0 Å². The minimum Gasteiger partial charge on any atom is -0.410 e. The smallest absolute Gasteiger partial charge is 0.410 e. The molecule has 1 saturated heterocycles. The first-order chi connectivity index (χ1) is 15.0. The Morgan fingerprint density at radius 1 is 1.29 bits per heavy atom. The average Bonchev–Trinajstić information content (AvgIpc) is 3.04. The van der Waals surface area contributed by atoms with Gasteiger partial charge in [0.25, 0.3) is 0 Å². The molecule has 3 aliphatic carbocycles. The van der Waals surface area contributed by atoms with E-state index in [1.54, 1.807) is 4.90 Å². The summed E-state index contributed by atoms with van der Waals surface area (Å²) in [7, 11) is 0. The van der Waals surface area contributed by atoms with Gasteiger partial charge in [0.1, 0.15) is 11.9 Å². The molecule has 31 heavy (non-hydrogen) atoms. The lowest BCUT2D eigenvalue weighted by molar-refractivity contribution is -0.0766. The van der Waals surface area contributed by atoms with E-state index in [9.17, 15) is 9.18 Å². The van der Waals surface area contributed by atoms with E-state index in [0.717, 1.165) is 25.7 Å². The van der Waals surface area contributed by atoms with E-state index >= 15 is 0 Å². The molecule has 5 nitrogen and oxygen atoms in total. The Morgan fingerprint density at radius 2 is 2.10 bits per heavy atom. The summed E-state index contributed by atoms with van der Waals surface area (Å²) in [6.07, 6.45) is 3.35. The van der Waals surface area contributed by atoms with Gasteiger partial charge in [-0.3, -0.25) is 0 Å². The molecule has 1 aromatic rings. The minimum atomic E-state index is -0.850. The number of hydrogen-bond acceptors (Lipinski definition) is 4. The largest absolute Gasteiger partial charge is 0.415 e. The van der Waals surface area contributed by atoms with Crippen LogP contribution in [0, 0.1) is 17.3 Å². The van der Waals surface area contributed by atoms with Gasteiger partial charge in [0, 0.05) is 19.7 Å². The highest BCUT2D eigenvalue weighted by atomic mass is 19.1. The topological polar surface area (TPSA) is 48.0 Å². The van der Waals surface area contributed by atoms with Crippen LogP contribution >= 0.6 is 0 Å². The summed E-state index contributed by atoms with van der Waals surface area (Å²) < 4.78 is 31.8. The van der Waals surface area contributed by atoms with E-state index in [1.807, 2.05) is 19.1 Å². The quantitative estimate of drug-likeness (QED) is 0.694. The van der Waals surface area contributed by atoms with Gasteiger partial charge in [-0.1, -0.05) is 13.0 Å². The van der Waals surface area contributed by atoms with E-state index in [4.69, 9.17) is 14.2 Å². The van der Waals surface area contributed by atoms with Crippen molar-refractivity contribution in [2.75, 3.05) is 32.9 Å². The second kappa shape index (κ2) is 8.36. The van der Waals surface area contributed by atoms with Crippen molar-refractivity contribution in [3.8, 4) is 5.75 Å². The van der Waals surface area contributed by atoms with Crippen molar-refractivity contribution in [2.45, 2.75) is 64.1 Å². The van der Waals surface area contributed by atoms with Gasteiger partial charge in [-0.05, 0) is 85.5 Å². The van der Waals surface area contributed by atoms with Crippen LogP contribution in [0.5, 0.6) is 5.75 Å². The predicted molar refractivity (Wildman–Crippen MR) is 115 cm³/mol. The third-order valence-electron chi connectivity index (χ3n) is 8.41. The maximum Gasteiger partial charge on any atom is 0.415 e. The van der Waals surface area contributed by atoms with Gasteiger partial charge >= 0.3 is 6.09 Å². The molecule has 1 aromatic carbocycles. The summed E-state index contributed by atoms with van der Waals surface area (Å²) in [5.74, 6) is 1.98. The molecule has 6 unspecified atom stereocenters. The third-order valence-corrected chi connectivity index (χ3v) is 8.41. The van der Waals surface area contributed by atoms with E-state index in [1.165, 1.54) is 11.1 Å². The van der Waals surface area contributed by atoms with Crippen LogP contribution in [-0.2, 0) is 15.9 Å². The standard InChI is InChI=1S/C25H34FNO4/c1-3-30-23-22(26)15-21-20-6-4-16-14-17(31-24(28)27-10-12-29-13-11-27)5-7-18(16)19(20)8-9-25(21,23)2/h5,7,14,19-23H,3-4,6,8-13,15H2,1-2H3. The fourth-order valence-electron chi connectivity index (χ4n) is 6.93. The highest BCUT2D eigenvalue weighted by Crippen LogP contribution is 2.62. The van der Waals surface area contributed by atoms with E-state index in [-0.39, 0.29) is 17.6 Å². The Labute approximate surface area is 184 Å². The molecule has 170 valence electrons. The first-order valence-corrected chi connectivity index (χ1v) is 11.9. The number of rotatable bonds is 3. The highest BCUT2D eigenvalue weighted by molar-refractivity contribution is 5.71. The lowest BCUT2D eigenvalue weighted by atomic mass is 9.55. The SMILES string of the molecule is CCOC1C(F)CC2C3CCc4cc(OC(=O)N5CCOCC5)ccc4C3CCC21C. The summed E-state index contributed by atoms with van der Waals surface area (Å²) in [6.45, 7) is 7.08. The number of carbonyl (C=O) groups is 1. The van der Waals surface area contributed by atoms with Crippen molar-refractivity contribution in [1.29, 1.82) is 0 Å². The summed E-state index contributed by atoms with van der Waals surface area (Å²) in [5, 5.41) is 0. The van der Waals surface area contributed by atoms with E-state index in [2.05, 4.69) is 13.0 Å². The van der Waals surface area contributed by atoms with Crippen LogP contribution in [0.3, 0.4) is 0 Å². The molecule has 0 bridgehead atoms. The predicted octanol–water partition coefficient (Wildman–Crippen LogP) is 4.73. The number of alkyl halides is 1. The van der Waals surface area contributed by atoms with Crippen molar-refractivity contribution in [3.63, 3.8) is 0 Å². The zero-order valence-corrected chi connectivity index (χ0v) is 18.6. The van der Waals surface area contributed by atoms with Gasteiger partial charge in [0.15, 0.2) is 0 Å². The van der Waals surface area contributed by atoms with Crippen molar-refractivity contribution in [2.24, 2.45) is 17.3 Å². The molecule has 0 N–H and O–H groups in total. The molecule has 4 aliphatic rings. The number of morpholine rings is 1. The van der Waals surface area contributed by atoms with Crippen LogP contribution in [0.2, 0.25) is 0 Å². The summed E-state index contributed by atoms with van der Waals surface area (Å²) >= 11 is 0. The number of hydrogen-bond donors (Lipinski definition) is 0. The average molecular weight is 432 g/mol. The van der Waals surface area contributed by atoms with Crippen molar-refractivity contribution < 1.29 is 23.4 Å². The number of halogens is 1. The van der Waals surface area contributed by atoms with Crippen LogP contribution in [0.15, 0.2) is 18.2 Å². The van der Waals surface area contributed by atoms with Crippen LogP contribution in [0.4, 0.5) is 9.18 Å². The third kappa shape index (κ3) is 3.66. The number of aryl methyl sites for hydroxylation is 1. The van der Waals surface area contributed by atoms with Crippen LogP contribution in [-0.4, -0.2) is 56.2 Å². The Morgan fingerprint density at radius 3 is 2.87 bits per heavy atom. The summed E-state index contributed by atoms with van der Waals surface area (Å²) in [5.41, 5.74) is 2.61. The van der Waals surface area contributed by atoms with E-state index < -0.39 is 6.17 Å². The maximum absolute atomic E-state index is 14.9. The number of benzene rings is 1. The number of carbonyl (C=O) groups excluding carboxylic acids is 1. The molecular weight excluding hydrogens is 397 g/mol. The van der Waals surface area contributed by atoms with Gasteiger partial charge in [-0.2, -0.15) is 0 Å². The Balaban J connectivity index is 1.32. The first kappa shape index (κ1) is 21.2. The second-order valence-corrected chi connectivity index (χ2v) is 9.92. The summed E-state index contributed by atoms with van der Waals surface area (Å²) in [4.78, 5) is 14.1. The van der Waals surface area contributed by atoms with Crippen molar-refractivity contribution >= 4 is 6.09 Å². The molecule has 0 radical (unpaired) electrons. The van der Waals surface area contributed by atoms with Crippen LogP contribution < -0.4 is 4.74 Å². The van der Waals surface area contributed by atoms with Gasteiger partial charge in [0.2, 0.25) is 0 Å². The molecule has 0 spiro atoms. The number of ether oxygens (including phenoxy) is 3. The number of amides is 1. The molecule has 0 aromatic heterocycles. The molecule has 3 fully saturated rings. The maximum atomic E-state index is 14.9. The fraction of sp³-hybridized carbons (Fsp3) is 0.720. The molecule has 1 aliphatic heterocycles. The molecular formula is C25H34FNO4. The van der Waals surface area contributed by atoms with E-state index in [0.29, 0.717) is 62.8 Å². The lowest BCUT2D eigenvalue weighted by Gasteiger charge is -2.50. The highest BCUT2D eigenvalue weighted by Gasteiger charge is 2.59. The Kier molecular flexibility index (Phi) is 5.72. The Bertz CT molecular complexity index is 826. The fourth-order valence-corrected chi connectivity index (χ4v) is 6.93. The molecule has 5 rings (SSSR count). The normalized spacial score (nSPS) is 37.0. The zero-order chi connectivity index (χ0) is 21.6. The number of nitrogens with zero attached hydrogens (tertiary/aromatic N) is 1. The zero-order valence-electron chi connectivity index (χ0n) is 18.6. The van der Waals surface area contributed by atoms with Crippen molar-refractivity contribution in [1.82, 2.24) is 4.90 Å². The van der Waals surface area contributed by atoms with Crippen LogP contribution in [0.1, 0.15) is 56.6 Å². The molecule has 1 heterocycles. The lowest BCUT2D eigenvalue weighted by Crippen LogP contribution is -2.45. The number of fused-ring (bicyclic) bond motifs is 5. The summed E-state index contributed by atoms with van der Waals surface area (Å²) in [6, 6.07) is 6.13. The second-order valence-electron chi connectivity index (χ2n) is 9.92. The van der Waals surface area contributed by atoms with Gasteiger partial charge < -0.3 is 19.1 Å². The van der Waals surface area contributed by atoms with Crippen LogP contribution in [0.25, 0.3) is 0 Å². The molecule has 1 amide bonds. The molecule has 6 heteroatoms. The Hall–Kier alpha value is -1.66. The molecule has 6 atom stereocenters. The molecule has 2 saturated carbocycles. The first-order valence-electron chi connectivity index (χ1n) is 11.9. The van der Waals surface area contributed by atoms with Gasteiger partial charge in [0.05, 0.1) is 19.3 Å².